The summed E-state index contributed by atoms with van der Waals surface area (Å²) in [6.07, 6.45) is 0. The van der Waals surface area contributed by atoms with Crippen molar-refractivity contribution in [2.24, 2.45) is 0 Å². The Morgan fingerprint density at radius 1 is 0.500 bits per heavy atom. The number of hydrogen-bond donors (Lipinski definition) is 0. The predicted octanol–water partition coefficient (Wildman–Crippen LogP) is 3.52. The highest BCUT2D eigenvalue weighted by Crippen LogP contribution is 2.11. The molecule has 0 spiro atoms. The Balaban J connectivity index is 0. The Morgan fingerprint density at radius 3 is 0.750 bits per heavy atom. The van der Waals surface area contributed by atoms with Crippen LogP contribution in [0.15, 0.2) is 24.6 Å². The van der Waals surface area contributed by atoms with E-state index < -0.39 is 17.6 Å². The first-order valence-corrected chi connectivity index (χ1v) is 12.2. The Hall–Kier alpha value is -0.326. The minimum atomic E-state index is -2.51. The molecule has 0 N–H and O–H groups in total. The van der Waals surface area contributed by atoms with Crippen LogP contribution in [-0.2, 0) is 26.6 Å². The lowest BCUT2D eigenvalue weighted by atomic mass is 10.9. The molecule has 0 aliphatic rings. The van der Waals surface area contributed by atoms with Crippen molar-refractivity contribution in [3.05, 3.63) is 24.6 Å². The molecule has 0 atom stereocenters. The molecule has 0 amide bonds. The summed E-state index contributed by atoms with van der Waals surface area (Å²) < 4.78 is 32.6. The average Bonchev–Trinajstić information content (AvgIpc) is 2.56. The summed E-state index contributed by atoms with van der Waals surface area (Å²) in [5, 5.41) is 0. The quantitative estimate of drug-likeness (QED) is 0.430. The van der Waals surface area contributed by atoms with Gasteiger partial charge in [0.25, 0.3) is 0 Å². The Bertz CT molecular complexity index is 251. The first-order valence-electron chi connectivity index (χ1n) is 8.59. The van der Waals surface area contributed by atoms with Crippen molar-refractivity contribution in [1.29, 1.82) is 0 Å². The summed E-state index contributed by atoms with van der Waals surface area (Å²) >= 11 is 0. The predicted molar refractivity (Wildman–Crippen MR) is 102 cm³/mol. The molecule has 6 nitrogen and oxygen atoms in total. The van der Waals surface area contributed by atoms with Crippen molar-refractivity contribution in [3.8, 4) is 0 Å². The number of hydrogen-bond acceptors (Lipinski definition) is 6. The maximum absolute atomic E-state index is 5.44. The van der Waals surface area contributed by atoms with E-state index in [0.717, 1.165) is 0 Å². The standard InChI is InChI=1S/2C8H18O3Si/c2*1-5-9-12(8-4,10-6-2)11-7-3/h2*8H,4-7H2,1-3H3. The van der Waals surface area contributed by atoms with Gasteiger partial charge in [-0.15, -0.1) is 0 Å². The number of rotatable bonds is 14. The van der Waals surface area contributed by atoms with E-state index in [2.05, 4.69) is 13.2 Å². The summed E-state index contributed by atoms with van der Waals surface area (Å²) in [4.78, 5) is 0. The van der Waals surface area contributed by atoms with Gasteiger partial charge in [0.15, 0.2) is 0 Å². The molecule has 0 heterocycles. The summed E-state index contributed by atoms with van der Waals surface area (Å²) in [5.74, 6) is 0. The molecule has 0 fully saturated rings. The molecule has 0 bridgehead atoms. The van der Waals surface area contributed by atoms with Crippen LogP contribution in [0.1, 0.15) is 41.5 Å². The molecule has 24 heavy (non-hydrogen) atoms. The highest BCUT2D eigenvalue weighted by molar-refractivity contribution is 6.66. The van der Waals surface area contributed by atoms with E-state index in [9.17, 15) is 0 Å². The minimum Gasteiger partial charge on any atom is -0.371 e. The van der Waals surface area contributed by atoms with Crippen molar-refractivity contribution >= 4 is 17.6 Å². The molecule has 0 saturated carbocycles. The van der Waals surface area contributed by atoms with Gasteiger partial charge in [-0.25, -0.2) is 0 Å². The third kappa shape index (κ3) is 10.5. The van der Waals surface area contributed by atoms with E-state index in [0.29, 0.717) is 39.6 Å². The highest BCUT2D eigenvalue weighted by Gasteiger charge is 2.37. The summed E-state index contributed by atoms with van der Waals surface area (Å²) in [7, 11) is -5.01. The maximum atomic E-state index is 5.44. The molecule has 0 aromatic heterocycles. The molecule has 0 saturated heterocycles. The van der Waals surface area contributed by atoms with Crippen molar-refractivity contribution in [3.63, 3.8) is 0 Å². The SMILES string of the molecule is C=C[Si](OCC)(OCC)OCC.C=C[Si](OCC)(OCC)OCC. The largest absolute Gasteiger partial charge is 0.528 e. The van der Waals surface area contributed by atoms with Gasteiger partial charge >= 0.3 is 17.6 Å². The zero-order valence-electron chi connectivity index (χ0n) is 16.3. The second kappa shape index (κ2) is 16.2. The van der Waals surface area contributed by atoms with Crippen LogP contribution in [0, 0.1) is 0 Å². The first-order chi connectivity index (χ1) is 11.5. The van der Waals surface area contributed by atoms with Gasteiger partial charge in [-0.2, -0.15) is 0 Å². The molecular formula is C16H36O6Si2. The lowest BCUT2D eigenvalue weighted by Crippen LogP contribution is -2.44. The lowest BCUT2D eigenvalue weighted by molar-refractivity contribution is 0.0836. The Morgan fingerprint density at radius 2 is 0.667 bits per heavy atom. The van der Waals surface area contributed by atoms with Crippen LogP contribution in [0.25, 0.3) is 0 Å². The lowest BCUT2D eigenvalue weighted by Gasteiger charge is -2.24. The zero-order valence-corrected chi connectivity index (χ0v) is 18.3. The Labute approximate surface area is 150 Å². The molecule has 0 radical (unpaired) electrons. The average molecular weight is 381 g/mol. The van der Waals surface area contributed by atoms with Crippen molar-refractivity contribution < 1.29 is 26.6 Å². The van der Waals surface area contributed by atoms with Crippen LogP contribution in [0.3, 0.4) is 0 Å². The Kier molecular flexibility index (Phi) is 17.4. The van der Waals surface area contributed by atoms with Gasteiger partial charge in [-0.1, -0.05) is 13.2 Å². The van der Waals surface area contributed by atoms with Crippen LogP contribution < -0.4 is 0 Å². The second-order valence-electron chi connectivity index (χ2n) is 4.21. The van der Waals surface area contributed by atoms with E-state index in [1.165, 1.54) is 0 Å². The molecule has 8 heteroatoms. The molecule has 0 aliphatic heterocycles. The van der Waals surface area contributed by atoms with Crippen LogP contribution in [0.5, 0.6) is 0 Å². The highest BCUT2D eigenvalue weighted by atomic mass is 28.4. The van der Waals surface area contributed by atoms with Gasteiger partial charge in [0.05, 0.1) is 0 Å². The van der Waals surface area contributed by atoms with Crippen LogP contribution in [0.2, 0.25) is 0 Å². The van der Waals surface area contributed by atoms with Crippen molar-refractivity contribution in [2.45, 2.75) is 41.5 Å². The smallest absolute Gasteiger partial charge is 0.371 e. The zero-order chi connectivity index (χ0) is 18.9. The summed E-state index contributed by atoms with van der Waals surface area (Å²) in [6, 6.07) is 0. The summed E-state index contributed by atoms with van der Waals surface area (Å²) in [6.45, 7) is 22.4. The molecular weight excluding hydrogens is 344 g/mol. The fourth-order valence-electron chi connectivity index (χ4n) is 1.81. The van der Waals surface area contributed by atoms with Gasteiger partial charge in [0, 0.05) is 39.6 Å². The first kappa shape index (κ1) is 25.9. The molecule has 0 rings (SSSR count). The van der Waals surface area contributed by atoms with E-state index in [-0.39, 0.29) is 0 Å². The van der Waals surface area contributed by atoms with Crippen LogP contribution in [-0.4, -0.2) is 57.3 Å². The topological polar surface area (TPSA) is 55.4 Å². The fourth-order valence-corrected chi connectivity index (χ4v) is 5.43. The van der Waals surface area contributed by atoms with Crippen LogP contribution >= 0.6 is 0 Å². The van der Waals surface area contributed by atoms with Gasteiger partial charge in [0.2, 0.25) is 0 Å². The van der Waals surface area contributed by atoms with Gasteiger partial charge in [-0.3, -0.25) is 0 Å². The van der Waals surface area contributed by atoms with Gasteiger partial charge in [-0.05, 0) is 52.9 Å². The molecule has 0 aliphatic carbocycles. The van der Waals surface area contributed by atoms with Gasteiger partial charge in [0.1, 0.15) is 0 Å². The van der Waals surface area contributed by atoms with Crippen molar-refractivity contribution in [2.75, 3.05) is 39.6 Å². The van der Waals surface area contributed by atoms with E-state index in [1.54, 1.807) is 11.4 Å². The minimum absolute atomic E-state index is 0.595. The fraction of sp³-hybridized carbons (Fsp3) is 0.750. The monoisotopic (exact) mass is 380 g/mol. The van der Waals surface area contributed by atoms with E-state index in [4.69, 9.17) is 26.6 Å². The molecule has 0 aromatic rings. The van der Waals surface area contributed by atoms with E-state index >= 15 is 0 Å². The summed E-state index contributed by atoms with van der Waals surface area (Å²) in [5.41, 5.74) is 3.34. The van der Waals surface area contributed by atoms with Crippen molar-refractivity contribution in [1.82, 2.24) is 0 Å². The third-order valence-electron chi connectivity index (χ3n) is 2.57. The normalized spacial score (nSPS) is 11.6. The molecule has 0 unspecified atom stereocenters. The maximum Gasteiger partial charge on any atom is 0.528 e. The van der Waals surface area contributed by atoms with Crippen LogP contribution in [0.4, 0.5) is 0 Å². The van der Waals surface area contributed by atoms with Gasteiger partial charge < -0.3 is 26.6 Å². The third-order valence-corrected chi connectivity index (χ3v) is 7.72. The van der Waals surface area contributed by atoms with E-state index in [1.807, 2.05) is 41.5 Å². The molecule has 0 aromatic carbocycles. The molecule has 144 valence electrons. The second-order valence-corrected chi connectivity index (χ2v) is 9.18.